The number of piperazine rings is 2. The first-order chi connectivity index (χ1) is 21.7. The van der Waals surface area contributed by atoms with Gasteiger partial charge in [-0.15, -0.1) is 13.2 Å². The predicted octanol–water partition coefficient (Wildman–Crippen LogP) is 6.70. The zero-order valence-electron chi connectivity index (χ0n) is 25.3. The van der Waals surface area contributed by atoms with E-state index in [1.807, 2.05) is 67.6 Å². The fraction of sp³-hybridized carbons (Fsp3) is 0.394. The molecule has 2 aliphatic rings. The molecule has 0 saturated carbocycles. The minimum Gasteiger partial charge on any atom is -0.356 e. The van der Waals surface area contributed by atoms with Crippen LogP contribution in [0.1, 0.15) is 42.6 Å². The molecule has 2 amide bonds. The molecule has 13 heteroatoms. The van der Waals surface area contributed by atoms with Crippen molar-refractivity contribution >= 4 is 12.0 Å². The quantitative estimate of drug-likeness (QED) is 0.319. The Morgan fingerprint density at radius 3 is 1.78 bits per heavy atom. The first-order valence-electron chi connectivity index (χ1n) is 14.8. The van der Waals surface area contributed by atoms with E-state index in [-0.39, 0.29) is 25.2 Å². The zero-order chi connectivity index (χ0) is 33.5. The Hall–Kier alpha value is -4.10. The SMILES string of the molecule is C[C@@H]1CN(C(=O)C(F)(F)F)[C@@H](c2ccccc2)CN1.C[C@@H]1CN(C(=O)OC(F)(F)F)[C@@H](c2ccccc2)CN1Cc1ccccc1. The van der Waals surface area contributed by atoms with Gasteiger partial charge in [0.25, 0.3) is 0 Å². The summed E-state index contributed by atoms with van der Waals surface area (Å²) in [6.07, 6.45) is -11.2. The minimum absolute atomic E-state index is 0.0535. The van der Waals surface area contributed by atoms with Gasteiger partial charge in [0.2, 0.25) is 0 Å². The number of nitrogens with zero attached hydrogens (tertiary/aromatic N) is 3. The van der Waals surface area contributed by atoms with Crippen LogP contribution in [0, 0.1) is 0 Å². The van der Waals surface area contributed by atoms with Gasteiger partial charge in [-0.2, -0.15) is 13.2 Å². The van der Waals surface area contributed by atoms with Crippen LogP contribution in [0.4, 0.5) is 31.1 Å². The Morgan fingerprint density at radius 2 is 1.26 bits per heavy atom. The van der Waals surface area contributed by atoms with Crippen LogP contribution in [0.2, 0.25) is 0 Å². The number of nitrogens with one attached hydrogen (secondary N) is 1. The Balaban J connectivity index is 0.000000222. The van der Waals surface area contributed by atoms with Crippen LogP contribution in [0.25, 0.3) is 0 Å². The number of ether oxygens (including phenoxy) is 1. The maximum Gasteiger partial charge on any atom is 0.576 e. The normalized spacial score (nSPS) is 22.4. The number of alkyl halides is 6. The maximum absolute atomic E-state index is 12.6. The molecule has 3 aromatic rings. The van der Waals surface area contributed by atoms with E-state index in [1.54, 1.807) is 37.3 Å². The highest BCUT2D eigenvalue weighted by molar-refractivity contribution is 5.82. The van der Waals surface area contributed by atoms with E-state index < -0.39 is 36.6 Å². The number of amides is 2. The van der Waals surface area contributed by atoms with Crippen LogP contribution in [0.15, 0.2) is 91.0 Å². The van der Waals surface area contributed by atoms with Gasteiger partial charge in [0, 0.05) is 44.8 Å². The first-order valence-corrected chi connectivity index (χ1v) is 14.8. The Labute approximate surface area is 263 Å². The summed E-state index contributed by atoms with van der Waals surface area (Å²) in [7, 11) is 0. The monoisotopic (exact) mass is 650 g/mol. The van der Waals surface area contributed by atoms with Gasteiger partial charge in [0.05, 0.1) is 12.1 Å². The van der Waals surface area contributed by atoms with Crippen molar-refractivity contribution in [1.29, 1.82) is 0 Å². The van der Waals surface area contributed by atoms with Gasteiger partial charge in [0.15, 0.2) is 0 Å². The lowest BCUT2D eigenvalue weighted by molar-refractivity contribution is -0.296. The van der Waals surface area contributed by atoms with Gasteiger partial charge in [-0.3, -0.25) is 14.6 Å². The molecule has 0 radical (unpaired) electrons. The number of hydrogen-bond donors (Lipinski definition) is 1. The van der Waals surface area contributed by atoms with Crippen LogP contribution < -0.4 is 5.32 Å². The molecule has 2 fully saturated rings. The number of rotatable bonds is 4. The second kappa shape index (κ2) is 15.0. The highest BCUT2D eigenvalue weighted by Crippen LogP contribution is 2.32. The van der Waals surface area contributed by atoms with Crippen molar-refractivity contribution in [2.45, 2.75) is 57.1 Å². The van der Waals surface area contributed by atoms with E-state index >= 15 is 0 Å². The van der Waals surface area contributed by atoms with Crippen molar-refractivity contribution in [1.82, 2.24) is 20.0 Å². The summed E-state index contributed by atoms with van der Waals surface area (Å²) in [4.78, 5) is 28.0. The minimum atomic E-state index is -5.00. The van der Waals surface area contributed by atoms with Gasteiger partial charge < -0.3 is 15.0 Å². The standard InChI is InChI=1S/C20H21F3N2O2.C13H15F3N2O/c1-15-12-25(19(26)27-20(21,22)23)18(17-10-6-3-7-11-17)14-24(15)13-16-8-4-2-5-9-16;1-9-8-18(12(19)13(14,15)16)11(7-17-9)10-5-3-2-4-6-10/h2-11,15,18H,12-14H2,1H3;2-6,9,11,17H,7-8H2,1H3/t15-,18-;9-,11-/m11/s1. The van der Waals surface area contributed by atoms with E-state index in [0.29, 0.717) is 25.2 Å². The smallest absolute Gasteiger partial charge is 0.356 e. The molecule has 2 saturated heterocycles. The lowest BCUT2D eigenvalue weighted by Crippen LogP contribution is -2.56. The molecule has 7 nitrogen and oxygen atoms in total. The molecule has 3 aromatic carbocycles. The largest absolute Gasteiger partial charge is 0.576 e. The molecule has 1 N–H and O–H groups in total. The van der Waals surface area contributed by atoms with Crippen molar-refractivity contribution in [3.05, 3.63) is 108 Å². The average Bonchev–Trinajstić information content (AvgIpc) is 3.02. The van der Waals surface area contributed by atoms with Gasteiger partial charge in [-0.25, -0.2) is 4.79 Å². The summed E-state index contributed by atoms with van der Waals surface area (Å²) in [5.74, 6) is -1.77. The number of benzene rings is 3. The number of hydrogen-bond acceptors (Lipinski definition) is 5. The van der Waals surface area contributed by atoms with Gasteiger partial charge in [0.1, 0.15) is 0 Å². The molecule has 0 aromatic heterocycles. The molecule has 2 aliphatic heterocycles. The van der Waals surface area contributed by atoms with E-state index in [4.69, 9.17) is 0 Å². The third-order valence-electron chi connectivity index (χ3n) is 7.91. The maximum atomic E-state index is 12.6. The Bertz CT molecular complexity index is 1410. The first kappa shape index (κ1) is 34.8. The Morgan fingerprint density at radius 1 is 0.739 bits per heavy atom. The molecular formula is C33H36F6N4O3. The van der Waals surface area contributed by atoms with Gasteiger partial charge in [-0.05, 0) is 30.5 Å². The molecule has 248 valence electrons. The lowest BCUT2D eigenvalue weighted by Gasteiger charge is -2.45. The zero-order valence-corrected chi connectivity index (χ0v) is 25.3. The molecule has 4 atom stereocenters. The van der Waals surface area contributed by atoms with Gasteiger partial charge >= 0.3 is 24.5 Å². The van der Waals surface area contributed by atoms with Crippen LogP contribution in [-0.2, 0) is 16.1 Å². The van der Waals surface area contributed by atoms with Crippen molar-refractivity contribution in [3.63, 3.8) is 0 Å². The van der Waals surface area contributed by atoms with E-state index in [0.717, 1.165) is 16.0 Å². The highest BCUT2D eigenvalue weighted by Gasteiger charge is 2.46. The molecule has 0 unspecified atom stereocenters. The molecule has 0 aliphatic carbocycles. The Kier molecular flexibility index (Phi) is 11.3. The number of carbonyl (C=O) groups is 2. The van der Waals surface area contributed by atoms with Crippen LogP contribution in [-0.4, -0.2) is 77.5 Å². The van der Waals surface area contributed by atoms with Crippen molar-refractivity contribution in [2.75, 3.05) is 26.2 Å². The van der Waals surface area contributed by atoms with Gasteiger partial charge in [-0.1, -0.05) is 91.0 Å². The summed E-state index contributed by atoms with van der Waals surface area (Å²) in [5, 5.41) is 3.11. The molecule has 0 bridgehead atoms. The summed E-state index contributed by atoms with van der Waals surface area (Å²) in [6, 6.07) is 26.4. The fourth-order valence-corrected chi connectivity index (χ4v) is 5.66. The fourth-order valence-electron chi connectivity index (χ4n) is 5.66. The van der Waals surface area contributed by atoms with E-state index in [9.17, 15) is 35.9 Å². The summed E-state index contributed by atoms with van der Waals surface area (Å²) in [6.45, 7) is 5.28. The average molecular weight is 651 g/mol. The number of carbonyl (C=O) groups excluding carboxylic acids is 2. The van der Waals surface area contributed by atoms with E-state index in [2.05, 4.69) is 15.0 Å². The summed E-state index contributed by atoms with van der Waals surface area (Å²) >= 11 is 0. The van der Waals surface area contributed by atoms with Crippen LogP contribution in [0.5, 0.6) is 0 Å². The van der Waals surface area contributed by atoms with Crippen LogP contribution >= 0.6 is 0 Å². The molecule has 0 spiro atoms. The molecule has 5 rings (SSSR count). The third kappa shape index (κ3) is 9.46. The summed E-state index contributed by atoms with van der Waals surface area (Å²) in [5.41, 5.74) is 2.60. The highest BCUT2D eigenvalue weighted by atomic mass is 19.4. The second-order valence-corrected chi connectivity index (χ2v) is 11.3. The van der Waals surface area contributed by atoms with E-state index in [1.165, 1.54) is 4.90 Å². The molecule has 2 heterocycles. The summed E-state index contributed by atoms with van der Waals surface area (Å²) < 4.78 is 79.3. The lowest BCUT2D eigenvalue weighted by atomic mass is 9.99. The van der Waals surface area contributed by atoms with Crippen molar-refractivity contribution in [2.24, 2.45) is 0 Å². The second-order valence-electron chi connectivity index (χ2n) is 11.3. The predicted molar refractivity (Wildman–Crippen MR) is 159 cm³/mol. The van der Waals surface area contributed by atoms with Crippen LogP contribution in [0.3, 0.4) is 0 Å². The number of halogens is 6. The van der Waals surface area contributed by atoms with Crippen molar-refractivity contribution in [3.8, 4) is 0 Å². The molecular weight excluding hydrogens is 614 g/mol. The van der Waals surface area contributed by atoms with Crippen molar-refractivity contribution < 1.29 is 40.7 Å². The molecule has 46 heavy (non-hydrogen) atoms. The topological polar surface area (TPSA) is 65.1 Å². The third-order valence-corrected chi connectivity index (χ3v) is 7.91.